The third-order valence-corrected chi connectivity index (χ3v) is 3.83. The van der Waals surface area contributed by atoms with Crippen LogP contribution in [0.1, 0.15) is 15.2 Å². The fraction of sp³-hybridized carbons (Fsp3) is 0.154. The molecular weight excluding hydrogens is 286 g/mol. The summed E-state index contributed by atoms with van der Waals surface area (Å²) in [6.45, 7) is 0.394. The molecule has 1 heterocycles. The van der Waals surface area contributed by atoms with Crippen LogP contribution in [0.2, 0.25) is 4.34 Å². The standard InChI is InChI=1S/C13H12ClNO3S/c1-15(7-8-5-6-11(14)19-8)13(18)9-3-2-4-10(16)12(9)17/h2-6,16-17H,7H2,1H3. The minimum Gasteiger partial charge on any atom is -0.504 e. The van der Waals surface area contributed by atoms with Crippen molar-refractivity contribution in [2.24, 2.45) is 0 Å². The van der Waals surface area contributed by atoms with Crippen LogP contribution in [0.5, 0.6) is 11.5 Å². The van der Waals surface area contributed by atoms with Crippen molar-refractivity contribution in [2.75, 3.05) is 7.05 Å². The van der Waals surface area contributed by atoms with E-state index in [0.717, 1.165) is 4.88 Å². The third-order valence-electron chi connectivity index (χ3n) is 2.61. The van der Waals surface area contributed by atoms with Crippen molar-refractivity contribution >= 4 is 28.8 Å². The molecule has 2 N–H and O–H groups in total. The Labute approximate surface area is 119 Å². The van der Waals surface area contributed by atoms with Crippen molar-refractivity contribution < 1.29 is 15.0 Å². The van der Waals surface area contributed by atoms with Crippen molar-refractivity contribution in [3.63, 3.8) is 0 Å². The van der Waals surface area contributed by atoms with E-state index in [1.54, 1.807) is 13.1 Å². The van der Waals surface area contributed by atoms with E-state index in [-0.39, 0.29) is 17.2 Å². The van der Waals surface area contributed by atoms with Crippen LogP contribution in [0.25, 0.3) is 0 Å². The molecular formula is C13H12ClNO3S. The Morgan fingerprint density at radius 1 is 1.32 bits per heavy atom. The average Bonchev–Trinajstić information content (AvgIpc) is 2.77. The normalized spacial score (nSPS) is 10.4. The Hall–Kier alpha value is -1.72. The minimum absolute atomic E-state index is 0.0742. The summed E-state index contributed by atoms with van der Waals surface area (Å²) in [6.07, 6.45) is 0. The first kappa shape index (κ1) is 13.7. The molecule has 0 aliphatic carbocycles. The Morgan fingerprint density at radius 3 is 2.68 bits per heavy atom. The van der Waals surface area contributed by atoms with Crippen molar-refractivity contribution in [2.45, 2.75) is 6.54 Å². The fourth-order valence-electron chi connectivity index (χ4n) is 1.65. The molecule has 100 valence electrons. The summed E-state index contributed by atoms with van der Waals surface area (Å²) in [6, 6.07) is 7.92. The van der Waals surface area contributed by atoms with Crippen LogP contribution >= 0.6 is 22.9 Å². The quantitative estimate of drug-likeness (QED) is 0.856. The maximum Gasteiger partial charge on any atom is 0.257 e. The highest BCUT2D eigenvalue weighted by molar-refractivity contribution is 7.16. The highest BCUT2D eigenvalue weighted by atomic mass is 35.5. The maximum atomic E-state index is 12.2. The van der Waals surface area contributed by atoms with Gasteiger partial charge in [0, 0.05) is 11.9 Å². The van der Waals surface area contributed by atoms with Crippen LogP contribution in [0.4, 0.5) is 0 Å². The lowest BCUT2D eigenvalue weighted by Gasteiger charge is -2.17. The Balaban J connectivity index is 2.17. The lowest BCUT2D eigenvalue weighted by atomic mass is 10.1. The molecule has 1 amide bonds. The van der Waals surface area contributed by atoms with Gasteiger partial charge < -0.3 is 15.1 Å². The molecule has 0 unspecified atom stereocenters. The summed E-state index contributed by atoms with van der Waals surface area (Å²) in [5, 5.41) is 19.1. The van der Waals surface area contributed by atoms with Crippen LogP contribution in [-0.2, 0) is 6.54 Å². The fourth-order valence-corrected chi connectivity index (χ4v) is 2.79. The highest BCUT2D eigenvalue weighted by Crippen LogP contribution is 2.29. The number of aromatic hydroxyl groups is 2. The van der Waals surface area contributed by atoms with Gasteiger partial charge in [-0.15, -0.1) is 11.3 Å². The van der Waals surface area contributed by atoms with Gasteiger partial charge in [-0.1, -0.05) is 17.7 Å². The van der Waals surface area contributed by atoms with Gasteiger partial charge in [0.2, 0.25) is 0 Å². The lowest BCUT2D eigenvalue weighted by Crippen LogP contribution is -2.25. The molecule has 19 heavy (non-hydrogen) atoms. The van der Waals surface area contributed by atoms with Gasteiger partial charge in [-0.05, 0) is 24.3 Å². The number of thiophene rings is 1. The monoisotopic (exact) mass is 297 g/mol. The molecule has 1 aromatic carbocycles. The highest BCUT2D eigenvalue weighted by Gasteiger charge is 2.18. The zero-order valence-electron chi connectivity index (χ0n) is 10.1. The van der Waals surface area contributed by atoms with E-state index in [9.17, 15) is 15.0 Å². The van der Waals surface area contributed by atoms with Crippen molar-refractivity contribution in [1.29, 1.82) is 0 Å². The molecule has 4 nitrogen and oxygen atoms in total. The molecule has 0 spiro atoms. The second-order valence-corrected chi connectivity index (χ2v) is 5.84. The van der Waals surface area contributed by atoms with E-state index in [2.05, 4.69) is 0 Å². The second-order valence-electron chi connectivity index (χ2n) is 4.04. The predicted molar refractivity (Wildman–Crippen MR) is 74.9 cm³/mol. The van der Waals surface area contributed by atoms with E-state index in [1.165, 1.54) is 34.4 Å². The first-order valence-electron chi connectivity index (χ1n) is 5.49. The molecule has 2 aromatic rings. The molecule has 0 aliphatic heterocycles. The van der Waals surface area contributed by atoms with Crippen molar-refractivity contribution in [1.82, 2.24) is 4.90 Å². The first-order valence-corrected chi connectivity index (χ1v) is 6.69. The maximum absolute atomic E-state index is 12.2. The summed E-state index contributed by atoms with van der Waals surface area (Å²) in [7, 11) is 1.62. The van der Waals surface area contributed by atoms with Crippen LogP contribution < -0.4 is 0 Å². The van der Waals surface area contributed by atoms with E-state index in [0.29, 0.717) is 10.9 Å². The first-order chi connectivity index (χ1) is 8.99. The number of carbonyl (C=O) groups is 1. The van der Waals surface area contributed by atoms with E-state index in [1.807, 2.05) is 6.07 Å². The third kappa shape index (κ3) is 3.00. The number of benzene rings is 1. The van der Waals surface area contributed by atoms with Crippen LogP contribution in [0.3, 0.4) is 0 Å². The number of amides is 1. The number of nitrogens with zero attached hydrogens (tertiary/aromatic N) is 1. The Kier molecular flexibility index (Phi) is 3.97. The molecule has 0 saturated heterocycles. The van der Waals surface area contributed by atoms with Crippen LogP contribution in [0, 0.1) is 0 Å². The number of carbonyl (C=O) groups excluding carboxylic acids is 1. The molecule has 6 heteroatoms. The second kappa shape index (κ2) is 5.50. The molecule has 0 aliphatic rings. The van der Waals surface area contributed by atoms with Crippen molar-refractivity contribution in [3.05, 3.63) is 45.1 Å². The predicted octanol–water partition coefficient (Wildman–Crippen LogP) is 3.08. The summed E-state index contributed by atoms with van der Waals surface area (Å²) < 4.78 is 0.663. The topological polar surface area (TPSA) is 60.8 Å². The molecule has 0 fully saturated rings. The van der Waals surface area contributed by atoms with Gasteiger partial charge in [0.1, 0.15) is 0 Å². The van der Waals surface area contributed by atoms with Gasteiger partial charge in [0.05, 0.1) is 16.4 Å². The number of para-hydroxylation sites is 1. The van der Waals surface area contributed by atoms with E-state index in [4.69, 9.17) is 11.6 Å². The smallest absolute Gasteiger partial charge is 0.257 e. The van der Waals surface area contributed by atoms with E-state index >= 15 is 0 Å². The van der Waals surface area contributed by atoms with Crippen molar-refractivity contribution in [3.8, 4) is 11.5 Å². The Morgan fingerprint density at radius 2 is 2.05 bits per heavy atom. The number of phenols is 2. The summed E-state index contributed by atoms with van der Waals surface area (Å²) in [5.41, 5.74) is 0.0742. The zero-order valence-corrected chi connectivity index (χ0v) is 11.7. The molecule has 0 saturated carbocycles. The average molecular weight is 298 g/mol. The van der Waals surface area contributed by atoms with Gasteiger partial charge in [-0.25, -0.2) is 0 Å². The lowest BCUT2D eigenvalue weighted by molar-refractivity contribution is 0.0782. The summed E-state index contributed by atoms with van der Waals surface area (Å²) in [4.78, 5) is 14.6. The van der Waals surface area contributed by atoms with Gasteiger partial charge in [0.25, 0.3) is 5.91 Å². The minimum atomic E-state index is -0.399. The van der Waals surface area contributed by atoms with Crippen LogP contribution in [0.15, 0.2) is 30.3 Å². The van der Waals surface area contributed by atoms with E-state index < -0.39 is 5.75 Å². The molecule has 0 atom stereocenters. The Bertz CT molecular complexity index is 612. The molecule has 2 rings (SSSR count). The zero-order chi connectivity index (χ0) is 14.0. The van der Waals surface area contributed by atoms with Gasteiger partial charge >= 0.3 is 0 Å². The SMILES string of the molecule is CN(Cc1ccc(Cl)s1)C(=O)c1cccc(O)c1O. The summed E-state index contributed by atoms with van der Waals surface area (Å²) in [5.74, 6) is -1.07. The number of hydrogen-bond donors (Lipinski definition) is 2. The summed E-state index contributed by atoms with van der Waals surface area (Å²) >= 11 is 7.22. The van der Waals surface area contributed by atoms with Crippen LogP contribution in [-0.4, -0.2) is 28.1 Å². The number of halogens is 1. The number of rotatable bonds is 3. The largest absolute Gasteiger partial charge is 0.504 e. The molecule has 0 radical (unpaired) electrons. The van der Waals surface area contributed by atoms with Gasteiger partial charge in [-0.2, -0.15) is 0 Å². The van der Waals surface area contributed by atoms with Gasteiger partial charge in [-0.3, -0.25) is 4.79 Å². The number of phenolic OH excluding ortho intramolecular Hbond substituents is 2. The molecule has 1 aromatic heterocycles. The number of hydrogen-bond acceptors (Lipinski definition) is 4. The molecule has 0 bridgehead atoms. The van der Waals surface area contributed by atoms with Gasteiger partial charge in [0.15, 0.2) is 11.5 Å².